The smallest absolute Gasteiger partial charge is 0.311 e. The van der Waals surface area contributed by atoms with Gasteiger partial charge in [0.05, 0.1) is 36.7 Å². The predicted molar refractivity (Wildman–Crippen MR) is 114 cm³/mol. The Bertz CT molecular complexity index is 613. The minimum Gasteiger partial charge on any atom is -0.466 e. The van der Waals surface area contributed by atoms with Crippen LogP contribution in [0.15, 0.2) is 60.7 Å². The molecule has 0 aromatic heterocycles. The van der Waals surface area contributed by atoms with Crippen LogP contribution in [0.5, 0.6) is 0 Å². The average molecular weight is 371 g/mol. The maximum Gasteiger partial charge on any atom is 0.311 e. The van der Waals surface area contributed by atoms with Gasteiger partial charge in [-0.2, -0.15) is 0 Å². The Balaban J connectivity index is 1.88. The third-order valence-corrected chi connectivity index (χ3v) is 7.72. The summed E-state index contributed by atoms with van der Waals surface area (Å²) in [5, 5.41) is 2.96. The Kier molecular flexibility index (Phi) is 8.32. The van der Waals surface area contributed by atoms with Gasteiger partial charge in [-0.25, -0.2) is 0 Å². The van der Waals surface area contributed by atoms with Gasteiger partial charge in [-0.3, -0.25) is 4.79 Å². The Labute approximate surface area is 159 Å². The molecule has 0 radical (unpaired) electrons. The van der Waals surface area contributed by atoms with E-state index in [-0.39, 0.29) is 11.4 Å². The van der Waals surface area contributed by atoms with E-state index in [4.69, 9.17) is 4.74 Å². The molecule has 0 saturated heterocycles. The normalized spacial score (nSPS) is 11.5. The van der Waals surface area contributed by atoms with Crippen LogP contribution in [0.4, 0.5) is 0 Å². The Morgan fingerprint density at radius 3 is 1.92 bits per heavy atom. The van der Waals surface area contributed by atoms with Gasteiger partial charge in [-0.05, 0) is 64.3 Å². The Morgan fingerprint density at radius 1 is 0.885 bits per heavy atom. The Morgan fingerprint density at radius 2 is 1.42 bits per heavy atom. The molecule has 0 spiro atoms. The molecule has 2 aromatic carbocycles. The molecule has 2 aromatic rings. The van der Waals surface area contributed by atoms with Gasteiger partial charge < -0.3 is 4.74 Å². The molecule has 0 atom stereocenters. The molecule has 0 heterocycles. The largest absolute Gasteiger partial charge is 0.466 e. The van der Waals surface area contributed by atoms with Crippen LogP contribution >= 0.6 is 7.92 Å². The molecule has 0 aliphatic heterocycles. The van der Waals surface area contributed by atoms with E-state index in [9.17, 15) is 4.79 Å². The third kappa shape index (κ3) is 6.25. The summed E-state index contributed by atoms with van der Waals surface area (Å²) in [4.78, 5) is 12.0. The molecule has 140 valence electrons. The molecule has 0 fully saturated rings. The quantitative estimate of drug-likeness (QED) is 0.334. The second-order valence-corrected chi connectivity index (χ2v) is 9.99. The third-order valence-electron chi connectivity index (χ3n) is 4.80. The number of hydrogen-bond donors (Lipinski definition) is 0. The molecule has 2 rings (SSSR count). The molecular weight excluding hydrogens is 339 g/mol. The first kappa shape index (κ1) is 20.6. The van der Waals surface area contributed by atoms with Crippen molar-refractivity contribution in [1.29, 1.82) is 0 Å². The van der Waals surface area contributed by atoms with Crippen LogP contribution in [0.25, 0.3) is 0 Å². The van der Waals surface area contributed by atoms with Crippen molar-refractivity contribution < 1.29 is 9.53 Å². The van der Waals surface area contributed by atoms with E-state index >= 15 is 0 Å². The minimum absolute atomic E-state index is 0.0710. The van der Waals surface area contributed by atoms with Crippen molar-refractivity contribution in [3.8, 4) is 0 Å². The van der Waals surface area contributed by atoms with E-state index in [0.717, 1.165) is 19.3 Å². The molecule has 0 aliphatic rings. The molecule has 26 heavy (non-hydrogen) atoms. The summed E-state index contributed by atoms with van der Waals surface area (Å²) >= 11 is 0. The number of hydrogen-bond acceptors (Lipinski definition) is 2. The number of benzene rings is 2. The van der Waals surface area contributed by atoms with E-state index in [1.54, 1.807) is 0 Å². The maximum atomic E-state index is 12.0. The second-order valence-electron chi connectivity index (χ2n) is 7.38. The molecule has 3 heteroatoms. The van der Waals surface area contributed by atoms with Crippen molar-refractivity contribution in [2.45, 2.75) is 46.5 Å². The van der Waals surface area contributed by atoms with Crippen LogP contribution in [-0.2, 0) is 9.53 Å². The fourth-order valence-corrected chi connectivity index (χ4v) is 5.91. The number of esters is 1. The lowest BCUT2D eigenvalue weighted by atomic mass is 9.87. The van der Waals surface area contributed by atoms with Crippen LogP contribution in [-0.4, -0.2) is 18.7 Å². The number of unbranched alkanes of at least 4 members (excludes halogenated alkanes) is 2. The SMILES string of the molecule is CCOC(=O)C(C)(C)CCCCC[PH+](c1ccccc1)c1ccccc1. The summed E-state index contributed by atoms with van der Waals surface area (Å²) in [6.45, 7) is 6.31. The molecule has 2 nitrogen and oxygen atoms in total. The molecular formula is C23H32O2P+. The molecule has 0 unspecified atom stereocenters. The standard InChI is InChI=1S/C23H31O2P/c1-4-25-22(24)23(2,3)18-12-7-13-19-26(20-14-8-5-9-15-20)21-16-10-6-11-17-21/h5-6,8-11,14-17H,4,7,12-13,18-19H2,1-3H3/p+1. The highest BCUT2D eigenvalue weighted by Crippen LogP contribution is 2.35. The molecule has 0 aliphatic carbocycles. The van der Waals surface area contributed by atoms with Crippen LogP contribution in [0.2, 0.25) is 0 Å². The van der Waals surface area contributed by atoms with Gasteiger partial charge >= 0.3 is 5.97 Å². The molecule has 0 N–H and O–H groups in total. The van der Waals surface area contributed by atoms with Crippen molar-refractivity contribution in [2.75, 3.05) is 12.8 Å². The summed E-state index contributed by atoms with van der Waals surface area (Å²) in [6.07, 6.45) is 5.57. The van der Waals surface area contributed by atoms with Crippen LogP contribution in [0.3, 0.4) is 0 Å². The summed E-state index contributed by atoms with van der Waals surface area (Å²) in [6, 6.07) is 21.8. The first-order chi connectivity index (χ1) is 12.5. The fourth-order valence-electron chi connectivity index (χ4n) is 3.21. The lowest BCUT2D eigenvalue weighted by Gasteiger charge is -2.22. The van der Waals surface area contributed by atoms with E-state index in [1.807, 2.05) is 20.8 Å². The first-order valence-electron chi connectivity index (χ1n) is 9.68. The first-order valence-corrected chi connectivity index (χ1v) is 11.4. The number of carbonyl (C=O) groups excluding carboxylic acids is 1. The number of rotatable bonds is 10. The van der Waals surface area contributed by atoms with E-state index in [2.05, 4.69) is 60.7 Å². The van der Waals surface area contributed by atoms with Crippen LogP contribution in [0, 0.1) is 5.41 Å². The van der Waals surface area contributed by atoms with Crippen LogP contribution in [0.1, 0.15) is 46.5 Å². The predicted octanol–water partition coefficient (Wildman–Crippen LogP) is 5.00. The fraction of sp³-hybridized carbons (Fsp3) is 0.435. The van der Waals surface area contributed by atoms with Gasteiger partial charge in [0.15, 0.2) is 0 Å². The van der Waals surface area contributed by atoms with Gasteiger partial charge in [0, 0.05) is 0 Å². The summed E-state index contributed by atoms with van der Waals surface area (Å²) in [7, 11) is -0.731. The van der Waals surface area contributed by atoms with Gasteiger partial charge in [0.25, 0.3) is 0 Å². The highest BCUT2D eigenvalue weighted by atomic mass is 31.1. The lowest BCUT2D eigenvalue weighted by Crippen LogP contribution is -2.26. The van der Waals surface area contributed by atoms with E-state index in [1.165, 1.54) is 23.2 Å². The average Bonchev–Trinajstić information content (AvgIpc) is 2.66. The van der Waals surface area contributed by atoms with E-state index < -0.39 is 7.92 Å². The van der Waals surface area contributed by atoms with Gasteiger partial charge in [0.2, 0.25) is 0 Å². The van der Waals surface area contributed by atoms with Crippen molar-refractivity contribution in [3.63, 3.8) is 0 Å². The van der Waals surface area contributed by atoms with Crippen LogP contribution < -0.4 is 10.6 Å². The topological polar surface area (TPSA) is 26.3 Å². The van der Waals surface area contributed by atoms with Gasteiger partial charge in [-0.15, -0.1) is 0 Å². The van der Waals surface area contributed by atoms with Crippen molar-refractivity contribution >= 4 is 24.5 Å². The Hall–Kier alpha value is -1.66. The van der Waals surface area contributed by atoms with Crippen molar-refractivity contribution in [2.24, 2.45) is 5.41 Å². The monoisotopic (exact) mass is 371 g/mol. The number of carbonyl (C=O) groups is 1. The van der Waals surface area contributed by atoms with Crippen molar-refractivity contribution in [3.05, 3.63) is 60.7 Å². The van der Waals surface area contributed by atoms with Crippen molar-refractivity contribution in [1.82, 2.24) is 0 Å². The summed E-state index contributed by atoms with van der Waals surface area (Å²) in [5.74, 6) is -0.0710. The lowest BCUT2D eigenvalue weighted by molar-refractivity contribution is -0.153. The highest BCUT2D eigenvalue weighted by Gasteiger charge is 2.28. The maximum absolute atomic E-state index is 12.0. The summed E-state index contributed by atoms with van der Waals surface area (Å²) < 4.78 is 5.18. The molecule has 0 bridgehead atoms. The van der Waals surface area contributed by atoms with Gasteiger partial charge in [-0.1, -0.05) is 42.8 Å². The molecule has 0 amide bonds. The number of ether oxygens (including phenoxy) is 1. The van der Waals surface area contributed by atoms with Gasteiger partial charge in [0.1, 0.15) is 0 Å². The highest BCUT2D eigenvalue weighted by molar-refractivity contribution is 7.73. The zero-order valence-electron chi connectivity index (χ0n) is 16.3. The minimum atomic E-state index is -0.731. The summed E-state index contributed by atoms with van der Waals surface area (Å²) in [5.41, 5.74) is -0.372. The second kappa shape index (κ2) is 10.5. The van der Waals surface area contributed by atoms with E-state index in [0.29, 0.717) is 6.61 Å². The zero-order valence-corrected chi connectivity index (χ0v) is 17.3. The molecule has 0 saturated carbocycles. The zero-order chi connectivity index (χ0) is 18.8.